The van der Waals surface area contributed by atoms with Crippen molar-refractivity contribution in [3.05, 3.63) is 71.1 Å². The number of benzene rings is 2. The van der Waals surface area contributed by atoms with Gasteiger partial charge in [0.2, 0.25) is 11.7 Å². The lowest BCUT2D eigenvalue weighted by Gasteiger charge is -2.21. The Hall–Kier alpha value is -3.60. The van der Waals surface area contributed by atoms with Crippen LogP contribution in [0.5, 0.6) is 0 Å². The molecule has 0 bridgehead atoms. The maximum Gasteiger partial charge on any atom is 0.254 e. The first-order chi connectivity index (χ1) is 13.6. The third-order valence-corrected chi connectivity index (χ3v) is 4.67. The summed E-state index contributed by atoms with van der Waals surface area (Å²) in [6, 6.07) is 11.1. The molecule has 1 aromatic heterocycles. The number of carbonyl (C=O) groups excluding carboxylic acids is 1. The normalized spacial score (nSPS) is 16.2. The summed E-state index contributed by atoms with van der Waals surface area (Å²) in [5.74, 6) is -1.48. The van der Waals surface area contributed by atoms with Crippen molar-refractivity contribution < 1.29 is 18.1 Å². The fourth-order valence-electron chi connectivity index (χ4n) is 3.27. The lowest BCUT2D eigenvalue weighted by Crippen LogP contribution is -2.30. The molecule has 0 spiro atoms. The number of rotatable bonds is 3. The summed E-state index contributed by atoms with van der Waals surface area (Å²) in [5.41, 5.74) is 0.951. The van der Waals surface area contributed by atoms with Crippen molar-refractivity contribution >= 4 is 5.91 Å². The Bertz CT molecular complexity index is 1070. The maximum absolute atomic E-state index is 14.0. The van der Waals surface area contributed by atoms with Crippen LogP contribution in [0.3, 0.4) is 0 Å². The van der Waals surface area contributed by atoms with Gasteiger partial charge in [0.25, 0.3) is 5.91 Å². The van der Waals surface area contributed by atoms with Crippen LogP contribution in [-0.2, 0) is 0 Å². The molecule has 0 aliphatic carbocycles. The highest BCUT2D eigenvalue weighted by Gasteiger charge is 2.34. The molecule has 6 nitrogen and oxygen atoms in total. The Labute approximate surface area is 159 Å². The number of nitriles is 1. The predicted molar refractivity (Wildman–Crippen MR) is 93.8 cm³/mol. The molecule has 1 atom stereocenters. The zero-order valence-electron chi connectivity index (χ0n) is 14.6. The van der Waals surface area contributed by atoms with Gasteiger partial charge in [-0.05, 0) is 49.2 Å². The molecule has 1 saturated heterocycles. The van der Waals surface area contributed by atoms with Gasteiger partial charge in [0, 0.05) is 18.2 Å². The highest BCUT2D eigenvalue weighted by Crippen LogP contribution is 2.33. The lowest BCUT2D eigenvalue weighted by molar-refractivity contribution is 0.0710. The van der Waals surface area contributed by atoms with Crippen LogP contribution in [0.4, 0.5) is 8.78 Å². The van der Waals surface area contributed by atoms with Crippen LogP contribution in [0.15, 0.2) is 47.0 Å². The van der Waals surface area contributed by atoms with Crippen molar-refractivity contribution in [2.45, 2.75) is 18.9 Å². The smallest absolute Gasteiger partial charge is 0.254 e. The molecule has 1 fully saturated rings. The van der Waals surface area contributed by atoms with Crippen molar-refractivity contribution in [3.63, 3.8) is 0 Å². The first-order valence-corrected chi connectivity index (χ1v) is 8.67. The molecule has 2 heterocycles. The first-order valence-electron chi connectivity index (χ1n) is 8.67. The van der Waals surface area contributed by atoms with Gasteiger partial charge >= 0.3 is 0 Å². The molecule has 0 N–H and O–H groups in total. The van der Waals surface area contributed by atoms with Crippen LogP contribution in [0.25, 0.3) is 11.4 Å². The number of hydrogen-bond donors (Lipinski definition) is 0. The quantitative estimate of drug-likeness (QED) is 0.689. The van der Waals surface area contributed by atoms with E-state index >= 15 is 0 Å². The number of amides is 1. The van der Waals surface area contributed by atoms with Gasteiger partial charge in [-0.2, -0.15) is 10.2 Å². The van der Waals surface area contributed by atoms with E-state index in [0.29, 0.717) is 24.1 Å². The summed E-state index contributed by atoms with van der Waals surface area (Å²) in [4.78, 5) is 18.7. The van der Waals surface area contributed by atoms with E-state index < -0.39 is 17.7 Å². The third kappa shape index (κ3) is 3.22. The van der Waals surface area contributed by atoms with E-state index in [1.165, 1.54) is 6.07 Å². The second-order valence-electron chi connectivity index (χ2n) is 6.43. The summed E-state index contributed by atoms with van der Waals surface area (Å²) >= 11 is 0. The molecule has 0 saturated carbocycles. The zero-order valence-corrected chi connectivity index (χ0v) is 14.6. The van der Waals surface area contributed by atoms with Crippen molar-refractivity contribution in [1.82, 2.24) is 15.0 Å². The summed E-state index contributed by atoms with van der Waals surface area (Å²) in [7, 11) is 0. The van der Waals surface area contributed by atoms with Crippen LogP contribution in [-0.4, -0.2) is 27.5 Å². The summed E-state index contributed by atoms with van der Waals surface area (Å²) in [6.45, 7) is 0.520. The standard InChI is InChI=1S/C20H14F2N4O2/c21-14-7-8-15(16(22)10-14)18-24-19(28-25-18)17-2-1-9-26(17)20(27)13-5-3-12(11-23)4-6-13/h3-8,10,17H,1-2,9H2. The van der Waals surface area contributed by atoms with E-state index in [9.17, 15) is 13.6 Å². The number of aromatic nitrogens is 2. The molecular formula is C20H14F2N4O2. The van der Waals surface area contributed by atoms with Crippen molar-refractivity contribution in [2.24, 2.45) is 0 Å². The minimum absolute atomic E-state index is 0.00479. The van der Waals surface area contributed by atoms with Crippen LogP contribution in [0.1, 0.15) is 40.7 Å². The molecule has 1 aliphatic heterocycles. The maximum atomic E-state index is 14.0. The molecule has 8 heteroatoms. The molecule has 3 aromatic rings. The molecule has 4 rings (SSSR count). The molecule has 0 radical (unpaired) electrons. The SMILES string of the molecule is N#Cc1ccc(C(=O)N2CCCC2c2nc(-c3ccc(F)cc3F)no2)cc1. The molecule has 1 aliphatic rings. The average molecular weight is 380 g/mol. The Morgan fingerprint density at radius 3 is 2.71 bits per heavy atom. The second-order valence-corrected chi connectivity index (χ2v) is 6.43. The Morgan fingerprint density at radius 2 is 2.00 bits per heavy atom. The summed E-state index contributed by atoms with van der Waals surface area (Å²) in [6.07, 6.45) is 1.39. The van der Waals surface area contributed by atoms with Gasteiger partial charge in [0.1, 0.15) is 17.7 Å². The number of halogens is 2. The summed E-state index contributed by atoms with van der Waals surface area (Å²) < 4.78 is 32.3. The van der Waals surface area contributed by atoms with E-state index in [1.54, 1.807) is 29.2 Å². The molecule has 140 valence electrons. The van der Waals surface area contributed by atoms with Gasteiger partial charge in [-0.15, -0.1) is 0 Å². The van der Waals surface area contributed by atoms with Crippen LogP contribution >= 0.6 is 0 Å². The van der Waals surface area contributed by atoms with E-state index in [0.717, 1.165) is 18.6 Å². The molecular weight excluding hydrogens is 366 g/mol. The van der Waals surface area contributed by atoms with Gasteiger partial charge in [-0.1, -0.05) is 5.16 Å². The number of hydrogen-bond acceptors (Lipinski definition) is 5. The first kappa shape index (κ1) is 17.8. The van der Waals surface area contributed by atoms with Gasteiger partial charge in [0.15, 0.2) is 0 Å². The van der Waals surface area contributed by atoms with Crippen LogP contribution in [0.2, 0.25) is 0 Å². The average Bonchev–Trinajstić information content (AvgIpc) is 3.37. The Balaban J connectivity index is 1.59. The van der Waals surface area contributed by atoms with Crippen molar-refractivity contribution in [3.8, 4) is 17.5 Å². The fraction of sp³-hybridized carbons (Fsp3) is 0.200. The van der Waals surface area contributed by atoms with Crippen LogP contribution < -0.4 is 0 Å². The predicted octanol–water partition coefficient (Wildman–Crippen LogP) is 3.86. The van der Waals surface area contributed by atoms with E-state index in [-0.39, 0.29) is 23.2 Å². The summed E-state index contributed by atoms with van der Waals surface area (Å²) in [5, 5.41) is 12.7. The highest BCUT2D eigenvalue weighted by atomic mass is 19.1. The minimum atomic E-state index is -0.788. The minimum Gasteiger partial charge on any atom is -0.337 e. The molecule has 1 amide bonds. The fourth-order valence-corrected chi connectivity index (χ4v) is 3.27. The largest absolute Gasteiger partial charge is 0.337 e. The Kier molecular flexibility index (Phi) is 4.57. The molecule has 2 aromatic carbocycles. The number of nitrogens with zero attached hydrogens (tertiary/aromatic N) is 4. The number of likely N-dealkylation sites (tertiary alicyclic amines) is 1. The third-order valence-electron chi connectivity index (χ3n) is 4.67. The molecule has 28 heavy (non-hydrogen) atoms. The molecule has 1 unspecified atom stereocenters. The topological polar surface area (TPSA) is 83.0 Å². The van der Waals surface area contributed by atoms with E-state index in [4.69, 9.17) is 9.78 Å². The number of carbonyl (C=O) groups is 1. The Morgan fingerprint density at radius 1 is 1.21 bits per heavy atom. The van der Waals surface area contributed by atoms with Crippen molar-refractivity contribution in [1.29, 1.82) is 5.26 Å². The monoisotopic (exact) mass is 380 g/mol. The van der Waals surface area contributed by atoms with Gasteiger partial charge in [-0.25, -0.2) is 8.78 Å². The second kappa shape index (κ2) is 7.19. The van der Waals surface area contributed by atoms with Crippen LogP contribution in [0, 0.1) is 23.0 Å². The highest BCUT2D eigenvalue weighted by molar-refractivity contribution is 5.94. The lowest BCUT2D eigenvalue weighted by atomic mass is 10.1. The van der Waals surface area contributed by atoms with E-state index in [2.05, 4.69) is 10.1 Å². The van der Waals surface area contributed by atoms with Gasteiger partial charge in [0.05, 0.1) is 17.2 Å². The van der Waals surface area contributed by atoms with Crippen molar-refractivity contribution in [2.75, 3.05) is 6.54 Å². The van der Waals surface area contributed by atoms with Gasteiger partial charge in [-0.3, -0.25) is 4.79 Å². The zero-order chi connectivity index (χ0) is 19.7. The van der Waals surface area contributed by atoms with Gasteiger partial charge < -0.3 is 9.42 Å². The van der Waals surface area contributed by atoms with E-state index in [1.807, 2.05) is 6.07 Å².